The molecule has 0 aromatic carbocycles. The molecule has 4 nitrogen and oxygen atoms in total. The van der Waals surface area contributed by atoms with Crippen molar-refractivity contribution < 1.29 is 19.1 Å². The molecule has 102 valence electrons. The smallest absolute Gasteiger partial charge is 0.310 e. The van der Waals surface area contributed by atoms with E-state index in [-0.39, 0.29) is 30.4 Å². The fourth-order valence-corrected chi connectivity index (χ4v) is 2.25. The maximum atomic E-state index is 11.9. The SMILES string of the molecule is C=CCOC(=O)C1CCCCC1C(=O)OCCC. The molecule has 1 saturated carbocycles. The maximum absolute atomic E-state index is 11.9. The minimum Gasteiger partial charge on any atom is -0.465 e. The van der Waals surface area contributed by atoms with Gasteiger partial charge in [0, 0.05) is 0 Å². The second-order valence-electron chi connectivity index (χ2n) is 4.58. The van der Waals surface area contributed by atoms with E-state index in [2.05, 4.69) is 6.58 Å². The molecule has 1 fully saturated rings. The van der Waals surface area contributed by atoms with E-state index in [1.54, 1.807) is 0 Å². The molecule has 1 aliphatic carbocycles. The van der Waals surface area contributed by atoms with Crippen LogP contribution in [0.15, 0.2) is 12.7 Å². The summed E-state index contributed by atoms with van der Waals surface area (Å²) in [6.07, 6.45) is 5.69. The summed E-state index contributed by atoms with van der Waals surface area (Å²) < 4.78 is 10.2. The molecule has 0 saturated heterocycles. The minimum absolute atomic E-state index is 0.200. The van der Waals surface area contributed by atoms with Crippen molar-refractivity contribution in [1.29, 1.82) is 0 Å². The Balaban J connectivity index is 2.58. The first-order valence-electron chi connectivity index (χ1n) is 6.64. The van der Waals surface area contributed by atoms with Gasteiger partial charge < -0.3 is 9.47 Å². The van der Waals surface area contributed by atoms with Crippen LogP contribution in [0.5, 0.6) is 0 Å². The Kier molecular flexibility index (Phi) is 6.47. The molecule has 0 heterocycles. The molecule has 1 rings (SSSR count). The van der Waals surface area contributed by atoms with Crippen LogP contribution in [0.25, 0.3) is 0 Å². The number of rotatable bonds is 6. The molecule has 0 spiro atoms. The van der Waals surface area contributed by atoms with Crippen LogP contribution in [0.2, 0.25) is 0 Å². The Hall–Kier alpha value is -1.32. The Morgan fingerprint density at radius 3 is 2.22 bits per heavy atom. The average molecular weight is 254 g/mol. The summed E-state index contributed by atoms with van der Waals surface area (Å²) in [4.78, 5) is 23.8. The fraction of sp³-hybridized carbons (Fsp3) is 0.714. The molecule has 0 bridgehead atoms. The zero-order valence-electron chi connectivity index (χ0n) is 11.0. The first-order valence-corrected chi connectivity index (χ1v) is 6.64. The van der Waals surface area contributed by atoms with Gasteiger partial charge in [-0.25, -0.2) is 0 Å². The van der Waals surface area contributed by atoms with Gasteiger partial charge in [-0.2, -0.15) is 0 Å². The van der Waals surface area contributed by atoms with Crippen molar-refractivity contribution in [2.45, 2.75) is 39.0 Å². The highest BCUT2D eigenvalue weighted by Crippen LogP contribution is 2.32. The quantitative estimate of drug-likeness (QED) is 0.539. The molecular formula is C14H22O4. The Bertz CT molecular complexity index is 298. The molecule has 4 heteroatoms. The number of hydrogen-bond acceptors (Lipinski definition) is 4. The van der Waals surface area contributed by atoms with E-state index >= 15 is 0 Å². The molecule has 2 unspecified atom stereocenters. The predicted molar refractivity (Wildman–Crippen MR) is 67.9 cm³/mol. The van der Waals surface area contributed by atoms with Gasteiger partial charge in [-0.15, -0.1) is 0 Å². The highest BCUT2D eigenvalue weighted by molar-refractivity contribution is 5.82. The highest BCUT2D eigenvalue weighted by Gasteiger charge is 2.37. The minimum atomic E-state index is -0.344. The van der Waals surface area contributed by atoms with Gasteiger partial charge in [0.1, 0.15) is 6.61 Å². The lowest BCUT2D eigenvalue weighted by atomic mass is 9.79. The Labute approximate surface area is 108 Å². The topological polar surface area (TPSA) is 52.6 Å². The molecule has 0 N–H and O–H groups in total. The van der Waals surface area contributed by atoms with Crippen LogP contribution < -0.4 is 0 Å². The zero-order valence-corrected chi connectivity index (χ0v) is 11.0. The summed E-state index contributed by atoms with van der Waals surface area (Å²) in [5, 5.41) is 0. The number of ether oxygens (including phenoxy) is 2. The lowest BCUT2D eigenvalue weighted by molar-refractivity contribution is -0.162. The number of carbonyl (C=O) groups excluding carboxylic acids is 2. The van der Waals surface area contributed by atoms with Crippen molar-refractivity contribution in [3.8, 4) is 0 Å². The van der Waals surface area contributed by atoms with Crippen molar-refractivity contribution in [3.63, 3.8) is 0 Å². The predicted octanol–water partition coefficient (Wildman–Crippen LogP) is 2.48. The highest BCUT2D eigenvalue weighted by atomic mass is 16.5. The maximum Gasteiger partial charge on any atom is 0.310 e. The Morgan fingerprint density at radius 1 is 1.17 bits per heavy atom. The van der Waals surface area contributed by atoms with E-state index in [0.717, 1.165) is 25.7 Å². The van der Waals surface area contributed by atoms with Gasteiger partial charge in [0.25, 0.3) is 0 Å². The van der Waals surface area contributed by atoms with Crippen molar-refractivity contribution in [1.82, 2.24) is 0 Å². The van der Waals surface area contributed by atoms with Gasteiger partial charge in [0.05, 0.1) is 18.4 Å². The van der Waals surface area contributed by atoms with Crippen LogP contribution in [0.4, 0.5) is 0 Å². The molecule has 2 atom stereocenters. The van der Waals surface area contributed by atoms with E-state index in [1.165, 1.54) is 6.08 Å². The molecular weight excluding hydrogens is 232 g/mol. The third-order valence-corrected chi connectivity index (χ3v) is 3.16. The van der Waals surface area contributed by atoms with Crippen LogP contribution in [0.3, 0.4) is 0 Å². The second kappa shape index (κ2) is 7.90. The molecule has 18 heavy (non-hydrogen) atoms. The summed E-state index contributed by atoms with van der Waals surface area (Å²) >= 11 is 0. The number of esters is 2. The lowest BCUT2D eigenvalue weighted by Gasteiger charge is -2.28. The van der Waals surface area contributed by atoms with E-state index in [4.69, 9.17) is 9.47 Å². The molecule has 0 aliphatic heterocycles. The van der Waals surface area contributed by atoms with Crippen LogP contribution in [0, 0.1) is 11.8 Å². The third kappa shape index (κ3) is 4.17. The van der Waals surface area contributed by atoms with Crippen molar-refractivity contribution in [3.05, 3.63) is 12.7 Å². The van der Waals surface area contributed by atoms with E-state index in [0.29, 0.717) is 13.0 Å². The lowest BCUT2D eigenvalue weighted by Crippen LogP contribution is -2.35. The van der Waals surface area contributed by atoms with E-state index in [1.807, 2.05) is 6.92 Å². The summed E-state index contributed by atoms with van der Waals surface area (Å²) in [5.74, 6) is -1.23. The van der Waals surface area contributed by atoms with Gasteiger partial charge in [0.2, 0.25) is 0 Å². The molecule has 0 aromatic rings. The monoisotopic (exact) mass is 254 g/mol. The van der Waals surface area contributed by atoms with E-state index < -0.39 is 0 Å². The zero-order chi connectivity index (χ0) is 13.4. The van der Waals surface area contributed by atoms with Gasteiger partial charge in [0.15, 0.2) is 0 Å². The number of carbonyl (C=O) groups is 2. The standard InChI is InChI=1S/C14H22O4/c1-3-9-17-13(15)11-7-5-6-8-12(11)14(16)18-10-4-2/h3,11-12H,1,4-10H2,2H3. The summed E-state index contributed by atoms with van der Waals surface area (Å²) in [7, 11) is 0. The molecule has 0 radical (unpaired) electrons. The fourth-order valence-electron chi connectivity index (χ4n) is 2.25. The first kappa shape index (κ1) is 14.7. The second-order valence-corrected chi connectivity index (χ2v) is 4.58. The van der Waals surface area contributed by atoms with E-state index in [9.17, 15) is 9.59 Å². The van der Waals surface area contributed by atoms with Crippen molar-refractivity contribution >= 4 is 11.9 Å². The largest absolute Gasteiger partial charge is 0.465 e. The first-order chi connectivity index (χ1) is 8.70. The van der Waals surface area contributed by atoms with Crippen LogP contribution >= 0.6 is 0 Å². The van der Waals surface area contributed by atoms with Gasteiger partial charge >= 0.3 is 11.9 Å². The van der Waals surface area contributed by atoms with Crippen LogP contribution in [-0.4, -0.2) is 25.2 Å². The van der Waals surface area contributed by atoms with Crippen molar-refractivity contribution in [2.24, 2.45) is 11.8 Å². The van der Waals surface area contributed by atoms with Gasteiger partial charge in [-0.3, -0.25) is 9.59 Å². The third-order valence-electron chi connectivity index (χ3n) is 3.16. The number of hydrogen-bond donors (Lipinski definition) is 0. The van der Waals surface area contributed by atoms with Crippen molar-refractivity contribution in [2.75, 3.05) is 13.2 Å². The van der Waals surface area contributed by atoms with Crippen LogP contribution in [-0.2, 0) is 19.1 Å². The Morgan fingerprint density at radius 2 is 1.72 bits per heavy atom. The molecule has 0 amide bonds. The van der Waals surface area contributed by atoms with Gasteiger partial charge in [-0.05, 0) is 19.3 Å². The summed E-state index contributed by atoms with van der Waals surface area (Å²) in [5.41, 5.74) is 0. The molecule has 0 aromatic heterocycles. The van der Waals surface area contributed by atoms with Crippen LogP contribution in [0.1, 0.15) is 39.0 Å². The molecule has 1 aliphatic rings. The summed E-state index contributed by atoms with van der Waals surface area (Å²) in [6.45, 7) is 6.07. The average Bonchev–Trinajstić information content (AvgIpc) is 2.42. The summed E-state index contributed by atoms with van der Waals surface area (Å²) in [6, 6.07) is 0. The van der Waals surface area contributed by atoms with Gasteiger partial charge in [-0.1, -0.05) is 32.4 Å². The normalized spacial score (nSPS) is 23.2.